The van der Waals surface area contributed by atoms with E-state index in [-0.39, 0.29) is 24.0 Å². The molecule has 2 aliphatic rings. The summed E-state index contributed by atoms with van der Waals surface area (Å²) in [7, 11) is 0. The number of halogens is 1. The van der Waals surface area contributed by atoms with Crippen LogP contribution in [-0.2, 0) is 4.74 Å². The second-order valence-electron chi connectivity index (χ2n) is 5.81. The number of nitrogens with zero attached hydrogens (tertiary/aromatic N) is 2. The summed E-state index contributed by atoms with van der Waals surface area (Å²) in [6, 6.07) is 0. The summed E-state index contributed by atoms with van der Waals surface area (Å²) in [5, 5.41) is 3.43. The second-order valence-corrected chi connectivity index (χ2v) is 5.81. The van der Waals surface area contributed by atoms with E-state index in [1.54, 1.807) is 0 Å². The Morgan fingerprint density at radius 2 is 2.00 bits per heavy atom. The number of ether oxygens (including phenoxy) is 1. The van der Waals surface area contributed by atoms with Gasteiger partial charge in [0.1, 0.15) is 0 Å². The van der Waals surface area contributed by atoms with Gasteiger partial charge in [-0.1, -0.05) is 12.8 Å². The Bertz CT molecular complexity index is 303. The van der Waals surface area contributed by atoms with Crippen molar-refractivity contribution in [3.05, 3.63) is 0 Å². The van der Waals surface area contributed by atoms with E-state index in [2.05, 4.69) is 17.1 Å². The van der Waals surface area contributed by atoms with Crippen LogP contribution >= 0.6 is 24.0 Å². The number of nitrogens with one attached hydrogen (secondary N) is 1. The molecule has 1 N–H and O–H groups in total. The summed E-state index contributed by atoms with van der Waals surface area (Å²) in [6.45, 7) is 9.74. The third-order valence-electron chi connectivity index (χ3n) is 4.44. The van der Waals surface area contributed by atoms with Crippen molar-refractivity contribution in [1.82, 2.24) is 10.2 Å². The van der Waals surface area contributed by atoms with Crippen LogP contribution in [0.2, 0.25) is 0 Å². The highest BCUT2D eigenvalue weighted by atomic mass is 127. The van der Waals surface area contributed by atoms with E-state index < -0.39 is 0 Å². The summed E-state index contributed by atoms with van der Waals surface area (Å²) in [5.41, 5.74) is 0.607. The van der Waals surface area contributed by atoms with Gasteiger partial charge in [-0.2, -0.15) is 0 Å². The monoisotopic (exact) mass is 395 g/mol. The van der Waals surface area contributed by atoms with Gasteiger partial charge in [-0.3, -0.25) is 4.99 Å². The molecular formula is C15H30IN3O. The average Bonchev–Trinajstić information content (AvgIpc) is 3.04. The van der Waals surface area contributed by atoms with Crippen molar-refractivity contribution in [1.29, 1.82) is 0 Å². The maximum Gasteiger partial charge on any atom is 0.194 e. The fourth-order valence-corrected chi connectivity index (χ4v) is 3.44. The molecule has 0 atom stereocenters. The van der Waals surface area contributed by atoms with Gasteiger partial charge < -0.3 is 15.0 Å². The zero-order valence-corrected chi connectivity index (χ0v) is 15.3. The first-order valence-corrected chi connectivity index (χ1v) is 7.91. The molecule has 0 bridgehead atoms. The van der Waals surface area contributed by atoms with Gasteiger partial charge in [0.15, 0.2) is 5.96 Å². The molecule has 1 aliphatic heterocycles. The fourth-order valence-electron chi connectivity index (χ4n) is 3.44. The molecule has 0 unspecified atom stereocenters. The van der Waals surface area contributed by atoms with Gasteiger partial charge in [0.05, 0.1) is 13.2 Å². The van der Waals surface area contributed by atoms with E-state index in [1.807, 2.05) is 6.92 Å². The van der Waals surface area contributed by atoms with Crippen molar-refractivity contribution in [3.8, 4) is 0 Å². The van der Waals surface area contributed by atoms with Crippen molar-refractivity contribution in [2.45, 2.75) is 46.0 Å². The molecule has 0 aromatic rings. The van der Waals surface area contributed by atoms with Crippen molar-refractivity contribution >= 4 is 29.9 Å². The van der Waals surface area contributed by atoms with Gasteiger partial charge in [-0.25, -0.2) is 0 Å². The molecule has 1 saturated carbocycles. The topological polar surface area (TPSA) is 36.9 Å². The average molecular weight is 395 g/mol. The van der Waals surface area contributed by atoms with E-state index in [4.69, 9.17) is 9.73 Å². The summed E-state index contributed by atoms with van der Waals surface area (Å²) in [4.78, 5) is 7.15. The highest BCUT2D eigenvalue weighted by Gasteiger charge is 2.40. The van der Waals surface area contributed by atoms with Crippen molar-refractivity contribution in [2.75, 3.05) is 39.4 Å². The molecule has 4 nitrogen and oxygen atoms in total. The summed E-state index contributed by atoms with van der Waals surface area (Å²) in [6.07, 6.45) is 7.03. The van der Waals surface area contributed by atoms with Crippen LogP contribution in [0, 0.1) is 5.41 Å². The summed E-state index contributed by atoms with van der Waals surface area (Å²) >= 11 is 0. The molecule has 0 aromatic heterocycles. The van der Waals surface area contributed by atoms with Gasteiger partial charge in [0.2, 0.25) is 0 Å². The Labute approximate surface area is 140 Å². The molecule has 2 fully saturated rings. The van der Waals surface area contributed by atoms with E-state index in [0.29, 0.717) is 5.41 Å². The highest BCUT2D eigenvalue weighted by Crippen LogP contribution is 2.45. The Balaban J connectivity index is 0.00000200. The molecule has 0 aromatic carbocycles. The lowest BCUT2D eigenvalue weighted by Crippen LogP contribution is -2.41. The molecule has 20 heavy (non-hydrogen) atoms. The van der Waals surface area contributed by atoms with Gasteiger partial charge in [-0.15, -0.1) is 24.0 Å². The third kappa shape index (κ3) is 4.76. The first kappa shape index (κ1) is 18.0. The van der Waals surface area contributed by atoms with Gasteiger partial charge in [-0.05, 0) is 38.5 Å². The Kier molecular flexibility index (Phi) is 8.17. The molecule has 0 amide bonds. The lowest BCUT2D eigenvalue weighted by molar-refractivity contribution is 0.155. The second kappa shape index (κ2) is 9.07. The molecular weight excluding hydrogens is 365 g/mol. The molecule has 1 spiro atoms. The molecule has 118 valence electrons. The summed E-state index contributed by atoms with van der Waals surface area (Å²) < 4.78 is 5.36. The van der Waals surface area contributed by atoms with Crippen LogP contribution in [0.4, 0.5) is 0 Å². The normalized spacial score (nSPS) is 21.3. The van der Waals surface area contributed by atoms with E-state index in [1.165, 1.54) is 45.2 Å². The SMILES string of the molecule is CCNC(=NCCOCC)N1CCC2(CCCC2)C1.I. The largest absolute Gasteiger partial charge is 0.380 e. The van der Waals surface area contributed by atoms with Crippen LogP contribution < -0.4 is 5.32 Å². The van der Waals surface area contributed by atoms with Crippen molar-refractivity contribution in [3.63, 3.8) is 0 Å². The Hall–Kier alpha value is -0.0400. The predicted molar refractivity (Wildman–Crippen MR) is 95.0 cm³/mol. The first-order chi connectivity index (χ1) is 9.29. The van der Waals surface area contributed by atoms with Crippen molar-refractivity contribution < 1.29 is 4.74 Å². The number of likely N-dealkylation sites (tertiary alicyclic amines) is 1. The number of rotatable bonds is 5. The molecule has 2 rings (SSSR count). The quantitative estimate of drug-likeness (QED) is 0.337. The lowest BCUT2D eigenvalue weighted by atomic mass is 9.86. The van der Waals surface area contributed by atoms with E-state index in [9.17, 15) is 0 Å². The minimum absolute atomic E-state index is 0. The van der Waals surface area contributed by atoms with E-state index >= 15 is 0 Å². The van der Waals surface area contributed by atoms with Crippen LogP contribution in [0.25, 0.3) is 0 Å². The maximum absolute atomic E-state index is 5.36. The Morgan fingerprint density at radius 3 is 2.65 bits per heavy atom. The number of guanidine groups is 1. The van der Waals surface area contributed by atoms with Gasteiger partial charge >= 0.3 is 0 Å². The van der Waals surface area contributed by atoms with Crippen LogP contribution in [0.1, 0.15) is 46.0 Å². The smallest absolute Gasteiger partial charge is 0.194 e. The van der Waals surface area contributed by atoms with Crippen molar-refractivity contribution in [2.24, 2.45) is 10.4 Å². The number of aliphatic imine (C=N–C) groups is 1. The molecule has 5 heteroatoms. The molecule has 0 radical (unpaired) electrons. The zero-order chi connectivity index (χ0) is 13.6. The minimum Gasteiger partial charge on any atom is -0.380 e. The van der Waals surface area contributed by atoms with Gasteiger partial charge in [0, 0.05) is 26.2 Å². The fraction of sp³-hybridized carbons (Fsp3) is 0.933. The molecule has 1 aliphatic carbocycles. The highest BCUT2D eigenvalue weighted by molar-refractivity contribution is 14.0. The third-order valence-corrected chi connectivity index (χ3v) is 4.44. The lowest BCUT2D eigenvalue weighted by Gasteiger charge is -2.25. The Morgan fingerprint density at radius 1 is 1.25 bits per heavy atom. The summed E-state index contributed by atoms with van der Waals surface area (Å²) in [5.74, 6) is 1.09. The van der Waals surface area contributed by atoms with Gasteiger partial charge in [0.25, 0.3) is 0 Å². The van der Waals surface area contributed by atoms with Crippen LogP contribution in [0.5, 0.6) is 0 Å². The van der Waals surface area contributed by atoms with Crippen LogP contribution in [0.15, 0.2) is 4.99 Å². The molecule has 1 saturated heterocycles. The van der Waals surface area contributed by atoms with Crippen LogP contribution in [0.3, 0.4) is 0 Å². The maximum atomic E-state index is 5.36. The molecule has 1 heterocycles. The number of hydrogen-bond donors (Lipinski definition) is 1. The zero-order valence-electron chi connectivity index (χ0n) is 13.0. The standard InChI is InChI=1S/C15H29N3O.HI/c1-3-16-14(17-10-12-19-4-2)18-11-9-15(13-18)7-5-6-8-15;/h3-13H2,1-2H3,(H,16,17);1H. The minimum atomic E-state index is 0. The predicted octanol–water partition coefficient (Wildman–Crippen LogP) is 2.87. The number of hydrogen-bond acceptors (Lipinski definition) is 2. The van der Waals surface area contributed by atoms with Crippen LogP contribution in [-0.4, -0.2) is 50.3 Å². The first-order valence-electron chi connectivity index (χ1n) is 7.91. The van der Waals surface area contributed by atoms with E-state index in [0.717, 1.165) is 32.3 Å².